The van der Waals surface area contributed by atoms with E-state index in [-0.39, 0.29) is 12.4 Å². The van der Waals surface area contributed by atoms with E-state index in [4.69, 9.17) is 4.74 Å². The minimum Gasteiger partial charge on any atom is -0.468 e. The van der Waals surface area contributed by atoms with Gasteiger partial charge in [-0.1, -0.05) is 30.3 Å². The molecule has 0 aliphatic carbocycles. The van der Waals surface area contributed by atoms with E-state index in [1.807, 2.05) is 30.3 Å². The fourth-order valence-electron chi connectivity index (χ4n) is 1.52. The van der Waals surface area contributed by atoms with Crippen LogP contribution in [0, 0.1) is 0 Å². The van der Waals surface area contributed by atoms with Crippen molar-refractivity contribution in [3.05, 3.63) is 35.9 Å². The lowest BCUT2D eigenvalue weighted by molar-refractivity contribution is -0.148. The van der Waals surface area contributed by atoms with Crippen molar-refractivity contribution in [3.8, 4) is 0 Å². The molecule has 15 heavy (non-hydrogen) atoms. The minimum absolute atomic E-state index is 0.129. The highest BCUT2D eigenvalue weighted by molar-refractivity contribution is 5.85. The highest BCUT2D eigenvalue weighted by atomic mass is 16.5. The number of hydrogen-bond donors (Lipinski definition) is 0. The molecule has 0 aromatic heterocycles. The average molecular weight is 206 g/mol. The summed E-state index contributed by atoms with van der Waals surface area (Å²) in [6, 6.07) is 9.17. The second kappa shape index (κ2) is 4.73. The Morgan fingerprint density at radius 2 is 2.00 bits per heavy atom. The quantitative estimate of drug-likeness (QED) is 0.556. The predicted octanol–water partition coefficient (Wildman–Crippen LogP) is 1.71. The van der Waals surface area contributed by atoms with Crippen molar-refractivity contribution < 1.29 is 14.3 Å². The molecule has 0 fully saturated rings. The average Bonchev–Trinajstić information content (AvgIpc) is 2.29. The zero-order valence-corrected chi connectivity index (χ0v) is 8.90. The number of esters is 1. The Kier molecular flexibility index (Phi) is 3.61. The molecule has 3 heteroatoms. The number of carbonyl (C=O) groups is 2. The molecule has 0 amide bonds. The van der Waals surface area contributed by atoms with E-state index in [1.54, 1.807) is 6.92 Å². The van der Waals surface area contributed by atoms with Crippen molar-refractivity contribution in [2.24, 2.45) is 0 Å². The van der Waals surface area contributed by atoms with Crippen molar-refractivity contribution in [1.82, 2.24) is 0 Å². The van der Waals surface area contributed by atoms with E-state index < -0.39 is 5.41 Å². The summed E-state index contributed by atoms with van der Waals surface area (Å²) in [7, 11) is 1.33. The van der Waals surface area contributed by atoms with Gasteiger partial charge in [0.25, 0.3) is 0 Å². The zero-order chi connectivity index (χ0) is 11.3. The van der Waals surface area contributed by atoms with Crippen molar-refractivity contribution in [3.63, 3.8) is 0 Å². The van der Waals surface area contributed by atoms with Crippen LogP contribution in [0.5, 0.6) is 0 Å². The topological polar surface area (TPSA) is 43.4 Å². The van der Waals surface area contributed by atoms with E-state index in [0.29, 0.717) is 0 Å². The molecule has 0 aliphatic rings. The Morgan fingerprint density at radius 1 is 1.40 bits per heavy atom. The van der Waals surface area contributed by atoms with Gasteiger partial charge < -0.3 is 9.53 Å². The van der Waals surface area contributed by atoms with Crippen LogP contribution in [0.1, 0.15) is 18.9 Å². The number of methoxy groups -OCH3 is 1. The summed E-state index contributed by atoms with van der Waals surface area (Å²) < 4.78 is 4.72. The van der Waals surface area contributed by atoms with E-state index >= 15 is 0 Å². The number of rotatable bonds is 4. The third kappa shape index (κ3) is 2.24. The van der Waals surface area contributed by atoms with Gasteiger partial charge in [-0.15, -0.1) is 0 Å². The van der Waals surface area contributed by atoms with E-state index in [2.05, 4.69) is 0 Å². The monoisotopic (exact) mass is 206 g/mol. The molecule has 1 aromatic rings. The lowest BCUT2D eigenvalue weighted by atomic mass is 9.80. The number of aldehydes is 1. The van der Waals surface area contributed by atoms with Crippen LogP contribution in [-0.2, 0) is 19.7 Å². The van der Waals surface area contributed by atoms with Gasteiger partial charge in [0.2, 0.25) is 0 Å². The fourth-order valence-corrected chi connectivity index (χ4v) is 1.52. The van der Waals surface area contributed by atoms with Gasteiger partial charge >= 0.3 is 5.97 Å². The second-order valence-electron chi connectivity index (χ2n) is 3.56. The first-order valence-corrected chi connectivity index (χ1v) is 4.72. The van der Waals surface area contributed by atoms with Crippen LogP contribution in [0.15, 0.2) is 30.3 Å². The van der Waals surface area contributed by atoms with E-state index in [1.165, 1.54) is 7.11 Å². The standard InChI is InChI=1S/C12H14O3/c1-12(8-9-13,11(14)15-2)10-6-4-3-5-7-10/h3-7,9H,8H2,1-2H3. The molecule has 0 bridgehead atoms. The molecule has 1 aromatic carbocycles. The minimum atomic E-state index is -0.877. The van der Waals surface area contributed by atoms with Crippen LogP contribution in [0.2, 0.25) is 0 Å². The highest BCUT2D eigenvalue weighted by Crippen LogP contribution is 2.27. The molecule has 1 unspecified atom stereocenters. The first-order valence-electron chi connectivity index (χ1n) is 4.72. The largest absolute Gasteiger partial charge is 0.468 e. The first-order chi connectivity index (χ1) is 7.15. The molecular formula is C12H14O3. The Hall–Kier alpha value is -1.64. The smallest absolute Gasteiger partial charge is 0.316 e. The third-order valence-electron chi connectivity index (χ3n) is 2.54. The van der Waals surface area contributed by atoms with Gasteiger partial charge in [0.15, 0.2) is 0 Å². The summed E-state index contributed by atoms with van der Waals surface area (Å²) in [5, 5.41) is 0. The van der Waals surface area contributed by atoms with Crippen molar-refractivity contribution in [2.75, 3.05) is 7.11 Å². The summed E-state index contributed by atoms with van der Waals surface area (Å²) in [4.78, 5) is 22.2. The first kappa shape index (κ1) is 11.4. The Bertz CT molecular complexity index is 345. The van der Waals surface area contributed by atoms with Gasteiger partial charge in [-0.2, -0.15) is 0 Å². The Labute approximate surface area is 89.1 Å². The zero-order valence-electron chi connectivity index (χ0n) is 8.90. The van der Waals surface area contributed by atoms with Gasteiger partial charge in [-0.3, -0.25) is 4.79 Å². The molecule has 0 spiro atoms. The van der Waals surface area contributed by atoms with Crippen LogP contribution in [-0.4, -0.2) is 19.4 Å². The molecule has 0 saturated heterocycles. The molecule has 0 radical (unpaired) electrons. The maximum atomic E-state index is 11.6. The van der Waals surface area contributed by atoms with Gasteiger partial charge in [0, 0.05) is 6.42 Å². The molecule has 1 rings (SSSR count). The lowest BCUT2D eigenvalue weighted by Gasteiger charge is -2.24. The van der Waals surface area contributed by atoms with Crippen LogP contribution < -0.4 is 0 Å². The number of benzene rings is 1. The van der Waals surface area contributed by atoms with E-state index in [9.17, 15) is 9.59 Å². The van der Waals surface area contributed by atoms with Crippen LogP contribution in [0.4, 0.5) is 0 Å². The molecular weight excluding hydrogens is 192 g/mol. The van der Waals surface area contributed by atoms with Crippen LogP contribution in [0.3, 0.4) is 0 Å². The van der Waals surface area contributed by atoms with Crippen molar-refractivity contribution >= 4 is 12.3 Å². The summed E-state index contributed by atoms with van der Waals surface area (Å²) in [6.07, 6.45) is 0.869. The normalized spacial score (nSPS) is 14.0. The molecule has 1 atom stereocenters. The SMILES string of the molecule is COC(=O)C(C)(CC=O)c1ccccc1. The molecule has 0 saturated carbocycles. The maximum Gasteiger partial charge on any atom is 0.316 e. The van der Waals surface area contributed by atoms with E-state index in [0.717, 1.165) is 11.8 Å². The maximum absolute atomic E-state index is 11.6. The third-order valence-corrected chi connectivity index (χ3v) is 2.54. The summed E-state index contributed by atoms with van der Waals surface area (Å²) >= 11 is 0. The fraction of sp³-hybridized carbons (Fsp3) is 0.333. The Balaban J connectivity index is 3.12. The van der Waals surface area contributed by atoms with Crippen LogP contribution in [0.25, 0.3) is 0 Å². The number of carbonyl (C=O) groups excluding carboxylic acids is 2. The number of ether oxygens (including phenoxy) is 1. The van der Waals surface area contributed by atoms with Crippen molar-refractivity contribution in [1.29, 1.82) is 0 Å². The van der Waals surface area contributed by atoms with Crippen LogP contribution >= 0.6 is 0 Å². The highest BCUT2D eigenvalue weighted by Gasteiger charge is 2.35. The summed E-state index contributed by atoms with van der Waals surface area (Å²) in [5.74, 6) is -0.388. The van der Waals surface area contributed by atoms with Gasteiger partial charge in [-0.05, 0) is 12.5 Å². The summed E-state index contributed by atoms with van der Waals surface area (Å²) in [6.45, 7) is 1.71. The van der Waals surface area contributed by atoms with Gasteiger partial charge in [0.05, 0.1) is 12.5 Å². The summed E-state index contributed by atoms with van der Waals surface area (Å²) in [5.41, 5.74) is -0.0819. The molecule has 80 valence electrons. The molecule has 0 aliphatic heterocycles. The lowest BCUT2D eigenvalue weighted by Crippen LogP contribution is -2.34. The number of hydrogen-bond acceptors (Lipinski definition) is 3. The second-order valence-corrected chi connectivity index (χ2v) is 3.56. The predicted molar refractivity (Wildman–Crippen MR) is 56.5 cm³/mol. The molecule has 0 heterocycles. The van der Waals surface area contributed by atoms with Gasteiger partial charge in [-0.25, -0.2) is 0 Å². The molecule has 0 N–H and O–H groups in total. The van der Waals surface area contributed by atoms with Crippen molar-refractivity contribution in [2.45, 2.75) is 18.8 Å². The van der Waals surface area contributed by atoms with Gasteiger partial charge in [0.1, 0.15) is 6.29 Å². The molecule has 3 nitrogen and oxygen atoms in total. The Morgan fingerprint density at radius 3 is 2.47 bits per heavy atom.